The van der Waals surface area contributed by atoms with E-state index in [1.807, 2.05) is 43.3 Å². The number of aliphatic imine (C=N–C) groups is 1. The SMILES string of the molecule is CC1=NC2=C(C(=O)C[C@H](c3ccccc3)C2)[C@H](c2cccc(Cl)c2Cl)C1C(=O)OC(C)C. The minimum absolute atomic E-state index is 0.0141. The molecule has 0 saturated carbocycles. The summed E-state index contributed by atoms with van der Waals surface area (Å²) in [6, 6.07) is 15.3. The van der Waals surface area contributed by atoms with Gasteiger partial charge in [-0.3, -0.25) is 14.6 Å². The van der Waals surface area contributed by atoms with Crippen molar-refractivity contribution in [3.8, 4) is 0 Å². The largest absolute Gasteiger partial charge is 0.462 e. The summed E-state index contributed by atoms with van der Waals surface area (Å²) in [5, 5.41) is 0.730. The zero-order valence-corrected chi connectivity index (χ0v) is 19.8. The molecule has 0 amide bonds. The lowest BCUT2D eigenvalue weighted by Crippen LogP contribution is -2.39. The molecule has 4 rings (SSSR count). The topological polar surface area (TPSA) is 55.7 Å². The Morgan fingerprint density at radius 3 is 2.47 bits per heavy atom. The van der Waals surface area contributed by atoms with Crippen molar-refractivity contribution in [3.05, 3.63) is 81.0 Å². The summed E-state index contributed by atoms with van der Waals surface area (Å²) in [5.74, 6) is -1.69. The fourth-order valence-corrected chi connectivity index (χ4v) is 5.15. The van der Waals surface area contributed by atoms with Gasteiger partial charge in [0.15, 0.2) is 5.78 Å². The monoisotopic (exact) mass is 469 g/mol. The Kier molecular flexibility index (Phi) is 6.55. The van der Waals surface area contributed by atoms with Crippen molar-refractivity contribution in [2.24, 2.45) is 10.9 Å². The number of rotatable bonds is 4. The quantitative estimate of drug-likeness (QED) is 0.478. The van der Waals surface area contributed by atoms with Gasteiger partial charge in [0, 0.05) is 29.3 Å². The molecule has 0 spiro atoms. The van der Waals surface area contributed by atoms with Crippen LogP contribution in [0.5, 0.6) is 0 Å². The van der Waals surface area contributed by atoms with Crippen LogP contribution in [0.15, 0.2) is 64.8 Å². The standard InChI is InChI=1S/C26H25Cl2NO3/c1-14(2)32-26(31)22-15(3)29-20-12-17(16-8-5-4-6-9-16)13-21(30)24(20)23(22)18-10-7-11-19(27)25(18)28/h4-11,14,17,22-23H,12-13H2,1-3H3/t17-,22?,23-/m1/s1. The Hall–Kier alpha value is -2.43. The number of esters is 1. The highest BCUT2D eigenvalue weighted by atomic mass is 35.5. The Labute approximate surface area is 198 Å². The van der Waals surface area contributed by atoms with E-state index < -0.39 is 17.8 Å². The van der Waals surface area contributed by atoms with E-state index in [9.17, 15) is 9.59 Å². The zero-order valence-electron chi connectivity index (χ0n) is 18.3. The summed E-state index contributed by atoms with van der Waals surface area (Å²) < 4.78 is 5.56. The Morgan fingerprint density at radius 2 is 1.78 bits per heavy atom. The molecule has 4 nitrogen and oxygen atoms in total. The molecule has 0 aromatic heterocycles. The van der Waals surface area contributed by atoms with Gasteiger partial charge >= 0.3 is 5.97 Å². The average Bonchev–Trinajstić information content (AvgIpc) is 2.74. The second kappa shape index (κ2) is 9.21. The number of nitrogens with zero attached hydrogens (tertiary/aromatic N) is 1. The molecule has 1 heterocycles. The maximum atomic E-state index is 13.5. The molecular weight excluding hydrogens is 445 g/mol. The van der Waals surface area contributed by atoms with Crippen LogP contribution in [0.4, 0.5) is 0 Å². The second-order valence-electron chi connectivity index (χ2n) is 8.64. The summed E-state index contributed by atoms with van der Waals surface area (Å²) in [6.45, 7) is 5.42. The molecule has 6 heteroatoms. The van der Waals surface area contributed by atoms with Crippen molar-refractivity contribution in [1.29, 1.82) is 0 Å². The van der Waals surface area contributed by atoms with Crippen LogP contribution < -0.4 is 0 Å². The third-order valence-electron chi connectivity index (χ3n) is 6.08. The van der Waals surface area contributed by atoms with Gasteiger partial charge in [0.05, 0.1) is 16.1 Å². The molecule has 0 fully saturated rings. The molecule has 0 radical (unpaired) electrons. The molecule has 1 unspecified atom stereocenters. The molecular formula is C26H25Cl2NO3. The minimum Gasteiger partial charge on any atom is -0.462 e. The predicted molar refractivity (Wildman–Crippen MR) is 127 cm³/mol. The molecule has 2 aromatic rings. The van der Waals surface area contributed by atoms with Crippen LogP contribution in [0.2, 0.25) is 10.0 Å². The Bertz CT molecular complexity index is 1120. The normalized spacial score (nSPS) is 23.1. The lowest BCUT2D eigenvalue weighted by molar-refractivity contribution is -0.150. The fourth-order valence-electron chi connectivity index (χ4n) is 4.73. The predicted octanol–water partition coefficient (Wildman–Crippen LogP) is 6.52. The van der Waals surface area contributed by atoms with Gasteiger partial charge in [0.2, 0.25) is 0 Å². The number of ketones is 1. The van der Waals surface area contributed by atoms with E-state index >= 15 is 0 Å². The van der Waals surface area contributed by atoms with Crippen molar-refractivity contribution in [2.75, 3.05) is 0 Å². The molecule has 1 aliphatic heterocycles. The Balaban J connectivity index is 1.84. The van der Waals surface area contributed by atoms with Crippen LogP contribution in [-0.4, -0.2) is 23.6 Å². The first kappa shape index (κ1) is 22.8. The first-order chi connectivity index (χ1) is 15.3. The number of hydrogen-bond acceptors (Lipinski definition) is 4. The molecule has 32 heavy (non-hydrogen) atoms. The van der Waals surface area contributed by atoms with Crippen molar-refractivity contribution in [2.45, 2.75) is 51.6 Å². The van der Waals surface area contributed by atoms with Crippen LogP contribution in [0.3, 0.4) is 0 Å². The third kappa shape index (κ3) is 4.26. The number of benzene rings is 2. The molecule has 0 bridgehead atoms. The van der Waals surface area contributed by atoms with Crippen molar-refractivity contribution in [1.82, 2.24) is 0 Å². The van der Waals surface area contributed by atoms with Gasteiger partial charge in [-0.25, -0.2) is 0 Å². The van der Waals surface area contributed by atoms with Crippen molar-refractivity contribution >= 4 is 40.7 Å². The first-order valence-corrected chi connectivity index (χ1v) is 11.5. The third-order valence-corrected chi connectivity index (χ3v) is 6.92. The minimum atomic E-state index is -0.732. The fraction of sp³-hybridized carbons (Fsp3) is 0.346. The van der Waals surface area contributed by atoms with Gasteiger partial charge in [-0.15, -0.1) is 0 Å². The summed E-state index contributed by atoms with van der Waals surface area (Å²) in [7, 11) is 0. The van der Waals surface area contributed by atoms with E-state index in [2.05, 4.69) is 0 Å². The maximum absolute atomic E-state index is 13.5. The second-order valence-corrected chi connectivity index (χ2v) is 9.42. The maximum Gasteiger partial charge on any atom is 0.315 e. The van der Waals surface area contributed by atoms with E-state index in [1.165, 1.54) is 0 Å². The summed E-state index contributed by atoms with van der Waals surface area (Å²) >= 11 is 12.9. The zero-order chi connectivity index (χ0) is 23.0. The molecule has 2 aliphatic rings. The van der Waals surface area contributed by atoms with E-state index in [1.54, 1.807) is 26.0 Å². The van der Waals surface area contributed by atoms with Crippen LogP contribution in [0.1, 0.15) is 56.6 Å². The van der Waals surface area contributed by atoms with E-state index in [4.69, 9.17) is 32.9 Å². The molecule has 0 N–H and O–H groups in total. The van der Waals surface area contributed by atoms with Gasteiger partial charge in [0.1, 0.15) is 5.92 Å². The van der Waals surface area contributed by atoms with Crippen LogP contribution in [-0.2, 0) is 14.3 Å². The van der Waals surface area contributed by atoms with E-state index in [-0.39, 0.29) is 17.8 Å². The number of carbonyl (C=O) groups is 2. The lowest BCUT2D eigenvalue weighted by Gasteiger charge is -2.37. The summed E-state index contributed by atoms with van der Waals surface area (Å²) in [6.07, 6.45) is 0.701. The van der Waals surface area contributed by atoms with Crippen LogP contribution >= 0.6 is 23.2 Å². The summed E-state index contributed by atoms with van der Waals surface area (Å²) in [4.78, 5) is 31.5. The van der Waals surface area contributed by atoms with Crippen molar-refractivity contribution < 1.29 is 14.3 Å². The number of halogens is 2. The number of hydrogen-bond donors (Lipinski definition) is 0. The number of allylic oxidation sites excluding steroid dienone is 2. The van der Waals surface area contributed by atoms with Gasteiger partial charge in [-0.05, 0) is 50.3 Å². The number of carbonyl (C=O) groups excluding carboxylic acids is 2. The molecule has 1 aliphatic carbocycles. The molecule has 2 aromatic carbocycles. The lowest BCUT2D eigenvalue weighted by atomic mass is 9.69. The van der Waals surface area contributed by atoms with Gasteiger partial charge in [-0.2, -0.15) is 0 Å². The summed E-state index contributed by atoms with van der Waals surface area (Å²) in [5.41, 5.74) is 3.66. The van der Waals surface area contributed by atoms with Crippen LogP contribution in [0, 0.1) is 5.92 Å². The Morgan fingerprint density at radius 1 is 1.06 bits per heavy atom. The average molecular weight is 470 g/mol. The number of Topliss-reactive ketones (excluding diaryl/α,β-unsaturated/α-hetero) is 1. The van der Waals surface area contributed by atoms with Gasteiger partial charge in [0.25, 0.3) is 0 Å². The van der Waals surface area contributed by atoms with Crippen LogP contribution in [0.25, 0.3) is 0 Å². The van der Waals surface area contributed by atoms with E-state index in [0.717, 1.165) is 11.3 Å². The highest BCUT2D eigenvalue weighted by Crippen LogP contribution is 2.49. The van der Waals surface area contributed by atoms with Gasteiger partial charge in [-0.1, -0.05) is 65.7 Å². The smallest absolute Gasteiger partial charge is 0.315 e. The number of ether oxygens (including phenoxy) is 1. The van der Waals surface area contributed by atoms with Gasteiger partial charge < -0.3 is 4.74 Å². The molecule has 3 atom stereocenters. The highest BCUT2D eigenvalue weighted by molar-refractivity contribution is 6.42. The first-order valence-electron chi connectivity index (χ1n) is 10.8. The molecule has 0 saturated heterocycles. The molecule has 166 valence electrons. The van der Waals surface area contributed by atoms with E-state index in [0.29, 0.717) is 39.7 Å². The highest BCUT2D eigenvalue weighted by Gasteiger charge is 2.45. The van der Waals surface area contributed by atoms with Crippen molar-refractivity contribution in [3.63, 3.8) is 0 Å².